The van der Waals surface area contributed by atoms with Crippen LogP contribution in [0.3, 0.4) is 0 Å². The number of anilines is 1. The predicted octanol–water partition coefficient (Wildman–Crippen LogP) is 5.63. The number of rotatable bonds is 6. The highest BCUT2D eigenvalue weighted by atomic mass is 16.5. The van der Waals surface area contributed by atoms with Crippen LogP contribution in [0.1, 0.15) is 87.1 Å². The van der Waals surface area contributed by atoms with Crippen LogP contribution in [0.15, 0.2) is 30.3 Å². The van der Waals surface area contributed by atoms with Crippen molar-refractivity contribution in [1.29, 1.82) is 0 Å². The van der Waals surface area contributed by atoms with Gasteiger partial charge in [0, 0.05) is 42.9 Å². The second kappa shape index (κ2) is 9.49. The third-order valence-electron chi connectivity index (χ3n) is 8.20. The smallest absolute Gasteiger partial charge is 0.411 e. The van der Waals surface area contributed by atoms with Crippen LogP contribution in [0.2, 0.25) is 0 Å². The van der Waals surface area contributed by atoms with Gasteiger partial charge in [-0.2, -0.15) is 5.10 Å². The molecule has 4 atom stereocenters. The Kier molecular flexibility index (Phi) is 6.46. The number of aryl methyl sites for hydroxylation is 1. The Labute approximate surface area is 197 Å². The fourth-order valence-electron chi connectivity index (χ4n) is 6.20. The quantitative estimate of drug-likeness (QED) is 0.620. The molecule has 1 aromatic heterocycles. The molecule has 2 aromatic rings. The third kappa shape index (κ3) is 4.81. The number of amides is 1. The average molecular weight is 451 g/mol. The number of ether oxygens (including phenoxy) is 1. The minimum Gasteiger partial charge on any atom is -0.448 e. The molecule has 33 heavy (non-hydrogen) atoms. The van der Waals surface area contributed by atoms with Gasteiger partial charge in [-0.25, -0.2) is 4.79 Å². The summed E-state index contributed by atoms with van der Waals surface area (Å²) in [5.74, 6) is 2.32. The molecule has 1 aliphatic carbocycles. The van der Waals surface area contributed by atoms with Crippen molar-refractivity contribution in [2.45, 2.75) is 76.2 Å². The Balaban J connectivity index is 1.15. The van der Waals surface area contributed by atoms with Crippen LogP contribution >= 0.6 is 0 Å². The number of nitrogens with one attached hydrogen (secondary N) is 1. The van der Waals surface area contributed by atoms with E-state index in [-0.39, 0.29) is 6.09 Å². The number of benzene rings is 1. The minimum absolute atomic E-state index is 0.316. The molecule has 6 heteroatoms. The molecular weight excluding hydrogens is 412 g/mol. The molecule has 4 fully saturated rings. The number of hydrogen-bond donors (Lipinski definition) is 1. The fraction of sp³-hybridized carbons (Fsp3) is 0.630. The highest BCUT2D eigenvalue weighted by Gasteiger charge is 2.42. The second-order valence-corrected chi connectivity index (χ2v) is 10.6. The fourth-order valence-corrected chi connectivity index (χ4v) is 6.20. The van der Waals surface area contributed by atoms with Crippen molar-refractivity contribution >= 4 is 11.8 Å². The number of fused-ring (bicyclic) bond motifs is 3. The van der Waals surface area contributed by atoms with Gasteiger partial charge in [-0.05, 0) is 67.8 Å². The summed E-state index contributed by atoms with van der Waals surface area (Å²) in [6.07, 6.45) is 7.22. The Hall–Kier alpha value is -2.34. The lowest BCUT2D eigenvalue weighted by molar-refractivity contribution is -0.00222. The normalized spacial score (nSPS) is 27.3. The van der Waals surface area contributed by atoms with E-state index in [2.05, 4.69) is 54.0 Å². The van der Waals surface area contributed by atoms with Gasteiger partial charge in [0.05, 0.1) is 5.69 Å². The zero-order valence-electron chi connectivity index (χ0n) is 20.3. The molecule has 6 rings (SSSR count). The SMILES string of the molecule is CC(C)c1ccc(NC(=O)OC[C@H]2C[C@@H]3CCN2C[C@@H]3c2cc(C3CCCC3)nn2C)cc1. The van der Waals surface area contributed by atoms with Gasteiger partial charge in [-0.1, -0.05) is 38.8 Å². The van der Waals surface area contributed by atoms with Crippen LogP contribution in [0.4, 0.5) is 10.5 Å². The van der Waals surface area contributed by atoms with E-state index >= 15 is 0 Å². The van der Waals surface area contributed by atoms with E-state index in [1.807, 2.05) is 12.1 Å². The highest BCUT2D eigenvalue weighted by molar-refractivity contribution is 5.84. The molecule has 0 spiro atoms. The van der Waals surface area contributed by atoms with E-state index in [1.165, 1.54) is 49.1 Å². The van der Waals surface area contributed by atoms with Crippen LogP contribution in [0.25, 0.3) is 0 Å². The molecule has 1 N–H and O–H groups in total. The van der Waals surface area contributed by atoms with Crippen molar-refractivity contribution in [2.24, 2.45) is 13.0 Å². The lowest BCUT2D eigenvalue weighted by atomic mass is 9.74. The number of carbonyl (C=O) groups excluding carboxylic acids is 1. The summed E-state index contributed by atoms with van der Waals surface area (Å²) in [6.45, 7) is 6.92. The summed E-state index contributed by atoms with van der Waals surface area (Å²) in [6, 6.07) is 10.7. The number of aromatic nitrogens is 2. The summed E-state index contributed by atoms with van der Waals surface area (Å²) >= 11 is 0. The summed E-state index contributed by atoms with van der Waals surface area (Å²) < 4.78 is 7.79. The van der Waals surface area contributed by atoms with Gasteiger partial charge in [0.15, 0.2) is 0 Å². The zero-order chi connectivity index (χ0) is 22.9. The largest absolute Gasteiger partial charge is 0.448 e. The molecule has 1 unspecified atom stereocenters. The van der Waals surface area contributed by atoms with Crippen LogP contribution < -0.4 is 5.32 Å². The van der Waals surface area contributed by atoms with E-state index in [1.54, 1.807) is 0 Å². The molecule has 0 radical (unpaired) electrons. The first-order chi connectivity index (χ1) is 16.0. The Morgan fingerprint density at radius 3 is 2.61 bits per heavy atom. The molecular formula is C27H38N4O2. The molecule has 178 valence electrons. The Morgan fingerprint density at radius 1 is 1.18 bits per heavy atom. The second-order valence-electron chi connectivity index (χ2n) is 10.6. The van der Waals surface area contributed by atoms with Crippen molar-refractivity contribution in [2.75, 3.05) is 25.0 Å². The van der Waals surface area contributed by atoms with Crippen molar-refractivity contribution in [3.8, 4) is 0 Å². The maximum Gasteiger partial charge on any atom is 0.411 e. The monoisotopic (exact) mass is 450 g/mol. The van der Waals surface area contributed by atoms with Crippen LogP contribution in [0, 0.1) is 5.92 Å². The standard InChI is InChI=1S/C27H38N4O2/c1-18(2)19-8-10-22(11-9-19)28-27(32)33-17-23-14-21-12-13-31(23)16-24(21)26-15-25(29-30(26)3)20-6-4-5-7-20/h8-11,15,18,20-21,23-24H,4-7,12-14,16-17H2,1-3H3,(H,28,32)/t21-,23+,24-/m0/s1. The van der Waals surface area contributed by atoms with E-state index in [0.717, 1.165) is 25.2 Å². The van der Waals surface area contributed by atoms with E-state index in [9.17, 15) is 4.79 Å². The first-order valence-corrected chi connectivity index (χ1v) is 12.8. The summed E-state index contributed by atoms with van der Waals surface area (Å²) in [7, 11) is 2.12. The van der Waals surface area contributed by atoms with Gasteiger partial charge in [-0.15, -0.1) is 0 Å². The van der Waals surface area contributed by atoms with E-state index in [0.29, 0.717) is 36.3 Å². The summed E-state index contributed by atoms with van der Waals surface area (Å²) in [5.41, 5.74) is 4.75. The predicted molar refractivity (Wildman–Crippen MR) is 131 cm³/mol. The molecule has 3 saturated heterocycles. The first-order valence-electron chi connectivity index (χ1n) is 12.8. The summed E-state index contributed by atoms with van der Waals surface area (Å²) in [4.78, 5) is 14.9. The number of nitrogens with zero attached hydrogens (tertiary/aromatic N) is 3. The highest BCUT2D eigenvalue weighted by Crippen LogP contribution is 2.43. The van der Waals surface area contributed by atoms with E-state index in [4.69, 9.17) is 9.84 Å². The zero-order valence-corrected chi connectivity index (χ0v) is 20.3. The van der Waals surface area contributed by atoms with Crippen LogP contribution in [-0.4, -0.2) is 46.5 Å². The number of carbonyl (C=O) groups is 1. The average Bonchev–Trinajstić information content (AvgIpc) is 3.48. The topological polar surface area (TPSA) is 59.4 Å². The van der Waals surface area contributed by atoms with Gasteiger partial charge in [0.2, 0.25) is 0 Å². The molecule has 6 nitrogen and oxygen atoms in total. The van der Waals surface area contributed by atoms with Gasteiger partial charge < -0.3 is 4.74 Å². The van der Waals surface area contributed by atoms with Crippen LogP contribution in [0.5, 0.6) is 0 Å². The Morgan fingerprint density at radius 2 is 1.94 bits per heavy atom. The van der Waals surface area contributed by atoms with Crippen molar-refractivity contribution < 1.29 is 9.53 Å². The van der Waals surface area contributed by atoms with Crippen molar-refractivity contribution in [1.82, 2.24) is 14.7 Å². The molecule has 4 heterocycles. The molecule has 1 aromatic carbocycles. The first kappa shape index (κ1) is 22.5. The van der Waals surface area contributed by atoms with Gasteiger partial charge in [-0.3, -0.25) is 14.9 Å². The summed E-state index contributed by atoms with van der Waals surface area (Å²) in [5, 5.41) is 7.78. The molecule has 2 bridgehead atoms. The molecule has 1 amide bonds. The van der Waals surface area contributed by atoms with Gasteiger partial charge >= 0.3 is 6.09 Å². The van der Waals surface area contributed by atoms with Gasteiger partial charge in [0.1, 0.15) is 6.61 Å². The van der Waals surface area contributed by atoms with E-state index < -0.39 is 0 Å². The van der Waals surface area contributed by atoms with Gasteiger partial charge in [0.25, 0.3) is 0 Å². The lowest BCUT2D eigenvalue weighted by Crippen LogP contribution is -2.54. The number of hydrogen-bond acceptors (Lipinski definition) is 4. The van der Waals surface area contributed by atoms with Crippen LogP contribution in [-0.2, 0) is 11.8 Å². The third-order valence-corrected chi connectivity index (χ3v) is 8.20. The lowest BCUT2D eigenvalue weighted by Gasteiger charge is -2.49. The molecule has 3 aliphatic heterocycles. The minimum atomic E-state index is -0.362. The maximum absolute atomic E-state index is 12.4. The van der Waals surface area contributed by atoms with Crippen molar-refractivity contribution in [3.05, 3.63) is 47.3 Å². The Bertz CT molecular complexity index is 961. The molecule has 4 aliphatic rings. The number of piperidine rings is 3. The maximum atomic E-state index is 12.4. The van der Waals surface area contributed by atoms with Crippen molar-refractivity contribution in [3.63, 3.8) is 0 Å². The molecule has 1 saturated carbocycles.